The number of aliphatic hydroxyl groups excluding tert-OH is 1. The van der Waals surface area contributed by atoms with E-state index in [0.29, 0.717) is 25.8 Å². The maximum atomic E-state index is 13.2. The van der Waals surface area contributed by atoms with Gasteiger partial charge in [-0.05, 0) is 50.0 Å². The van der Waals surface area contributed by atoms with E-state index in [4.69, 9.17) is 22.3 Å². The SMILES string of the molecule is CC[C@H](C)[C@@H](NC(=O)[C@H](CC(C)C)NC(=O)[C@@H](N)CO)C(=O)NCC(=O)N[C@@H](CCCCN)C(=O)N[C@H](C(N)=O)C(C)C. The van der Waals surface area contributed by atoms with Crippen LogP contribution in [-0.4, -0.2) is 90.5 Å². The number of hydrogen-bond acceptors (Lipinski definition) is 9. The molecule has 0 aliphatic rings. The van der Waals surface area contributed by atoms with E-state index in [-0.39, 0.29) is 30.6 Å². The molecule has 0 aromatic heterocycles. The van der Waals surface area contributed by atoms with Gasteiger partial charge in [0.25, 0.3) is 0 Å². The Morgan fingerprint density at radius 1 is 0.767 bits per heavy atom. The van der Waals surface area contributed by atoms with E-state index in [1.54, 1.807) is 20.8 Å². The minimum absolute atomic E-state index is 0.00904. The third-order valence-corrected chi connectivity index (χ3v) is 6.96. The summed E-state index contributed by atoms with van der Waals surface area (Å²) in [6, 6.07) is -5.16. The van der Waals surface area contributed by atoms with E-state index in [2.05, 4.69) is 26.6 Å². The molecule has 6 atom stereocenters. The second-order valence-corrected chi connectivity index (χ2v) is 11.6. The number of amides is 6. The molecular formula is C28H54N8O7. The molecule has 0 aromatic rings. The molecule has 0 radical (unpaired) electrons. The molecule has 15 heteroatoms. The largest absolute Gasteiger partial charge is 0.394 e. The first-order valence-corrected chi connectivity index (χ1v) is 14.9. The Hall–Kier alpha value is -3.30. The molecule has 0 saturated carbocycles. The van der Waals surface area contributed by atoms with Crippen LogP contribution >= 0.6 is 0 Å². The first kappa shape index (κ1) is 39.7. The summed E-state index contributed by atoms with van der Waals surface area (Å²) in [5.74, 6) is -4.48. The van der Waals surface area contributed by atoms with E-state index in [1.165, 1.54) is 0 Å². The van der Waals surface area contributed by atoms with E-state index >= 15 is 0 Å². The van der Waals surface area contributed by atoms with Crippen LogP contribution in [0.5, 0.6) is 0 Å². The van der Waals surface area contributed by atoms with Crippen molar-refractivity contribution in [3.63, 3.8) is 0 Å². The van der Waals surface area contributed by atoms with Gasteiger partial charge in [-0.15, -0.1) is 0 Å². The van der Waals surface area contributed by atoms with Crippen molar-refractivity contribution < 1.29 is 33.9 Å². The van der Waals surface area contributed by atoms with Crippen molar-refractivity contribution in [2.75, 3.05) is 19.7 Å². The zero-order chi connectivity index (χ0) is 33.3. The lowest BCUT2D eigenvalue weighted by molar-refractivity contribution is -0.134. The van der Waals surface area contributed by atoms with Crippen LogP contribution in [0.15, 0.2) is 0 Å². The molecule has 0 aliphatic carbocycles. The van der Waals surface area contributed by atoms with Crippen LogP contribution in [0, 0.1) is 17.8 Å². The van der Waals surface area contributed by atoms with Crippen molar-refractivity contribution in [3.8, 4) is 0 Å². The number of hydrogen-bond donors (Lipinski definition) is 9. The molecule has 12 N–H and O–H groups in total. The van der Waals surface area contributed by atoms with Gasteiger partial charge in [0.1, 0.15) is 30.2 Å². The Balaban J connectivity index is 5.55. The number of nitrogens with two attached hydrogens (primary N) is 3. The lowest BCUT2D eigenvalue weighted by Crippen LogP contribution is -2.58. The maximum Gasteiger partial charge on any atom is 0.243 e. The molecule has 0 heterocycles. The molecule has 248 valence electrons. The van der Waals surface area contributed by atoms with Crippen LogP contribution < -0.4 is 43.8 Å². The molecule has 0 rings (SSSR count). The predicted molar refractivity (Wildman–Crippen MR) is 162 cm³/mol. The Morgan fingerprint density at radius 2 is 1.35 bits per heavy atom. The van der Waals surface area contributed by atoms with Crippen molar-refractivity contribution in [1.29, 1.82) is 0 Å². The highest BCUT2D eigenvalue weighted by Crippen LogP contribution is 2.11. The normalized spacial score (nSPS) is 15.4. The number of nitrogens with one attached hydrogen (secondary N) is 5. The van der Waals surface area contributed by atoms with Gasteiger partial charge in [-0.2, -0.15) is 0 Å². The fourth-order valence-electron chi connectivity index (χ4n) is 4.12. The van der Waals surface area contributed by atoms with Crippen LogP contribution in [0.2, 0.25) is 0 Å². The molecule has 0 spiro atoms. The number of rotatable bonds is 21. The summed E-state index contributed by atoms with van der Waals surface area (Å²) in [7, 11) is 0. The summed E-state index contributed by atoms with van der Waals surface area (Å²) in [6.45, 7) is 10.1. The number of unbranched alkanes of at least 4 members (excludes halogenated alkanes) is 1. The fraction of sp³-hybridized carbons (Fsp3) is 0.786. The van der Waals surface area contributed by atoms with E-state index in [0.717, 1.165) is 0 Å². The average molecular weight is 615 g/mol. The number of aliphatic hydroxyl groups is 1. The zero-order valence-electron chi connectivity index (χ0n) is 26.4. The number of carbonyl (C=O) groups excluding carboxylic acids is 6. The van der Waals surface area contributed by atoms with Gasteiger partial charge in [-0.25, -0.2) is 0 Å². The second-order valence-electron chi connectivity index (χ2n) is 11.6. The molecule has 0 aromatic carbocycles. The van der Waals surface area contributed by atoms with Gasteiger partial charge >= 0.3 is 0 Å². The van der Waals surface area contributed by atoms with Gasteiger partial charge in [0.2, 0.25) is 35.4 Å². The van der Waals surface area contributed by atoms with Crippen LogP contribution in [-0.2, 0) is 28.8 Å². The predicted octanol–water partition coefficient (Wildman–Crippen LogP) is -2.28. The highest BCUT2D eigenvalue weighted by Gasteiger charge is 2.32. The quantitative estimate of drug-likeness (QED) is 0.0630. The summed E-state index contributed by atoms with van der Waals surface area (Å²) in [5.41, 5.74) is 16.5. The minimum Gasteiger partial charge on any atom is -0.394 e. The molecule has 43 heavy (non-hydrogen) atoms. The smallest absolute Gasteiger partial charge is 0.243 e. The maximum absolute atomic E-state index is 13.2. The molecule has 0 fully saturated rings. The Kier molecular flexibility index (Phi) is 19.0. The van der Waals surface area contributed by atoms with Crippen molar-refractivity contribution in [1.82, 2.24) is 26.6 Å². The lowest BCUT2D eigenvalue weighted by atomic mass is 9.96. The lowest BCUT2D eigenvalue weighted by Gasteiger charge is -2.27. The fourth-order valence-corrected chi connectivity index (χ4v) is 4.12. The van der Waals surface area contributed by atoms with Crippen LogP contribution in [0.3, 0.4) is 0 Å². The van der Waals surface area contributed by atoms with Gasteiger partial charge < -0.3 is 48.9 Å². The summed E-state index contributed by atoms with van der Waals surface area (Å²) < 4.78 is 0. The zero-order valence-corrected chi connectivity index (χ0v) is 26.4. The van der Waals surface area contributed by atoms with Crippen molar-refractivity contribution in [2.45, 2.75) is 104 Å². The van der Waals surface area contributed by atoms with E-state index < -0.39 is 78.8 Å². The van der Waals surface area contributed by atoms with Gasteiger partial charge in [0.15, 0.2) is 0 Å². The standard InChI is InChI=1S/C28H54N8O7/c1-7-17(6)23(36-27(42)20(12-15(2)3)34-25(40)18(30)14-37)28(43)32-13-21(38)33-19(10-8-9-11-29)26(41)35-22(16(4)5)24(31)39/h15-20,22-23,37H,7-14,29-30H2,1-6H3,(H2,31,39)(H,32,43)(H,33,38)(H,34,40)(H,35,41)(H,36,42)/t17-,18-,19-,20-,22-,23+/m0/s1. The Bertz CT molecular complexity index is 931. The van der Waals surface area contributed by atoms with Crippen LogP contribution in [0.1, 0.15) is 73.6 Å². The van der Waals surface area contributed by atoms with Gasteiger partial charge in [-0.3, -0.25) is 28.8 Å². The summed E-state index contributed by atoms with van der Waals surface area (Å²) in [5, 5.41) is 22.0. The highest BCUT2D eigenvalue weighted by molar-refractivity contribution is 5.95. The topological polar surface area (TPSA) is 261 Å². The molecule has 0 unspecified atom stereocenters. The number of primary amides is 1. The molecule has 6 amide bonds. The van der Waals surface area contributed by atoms with Gasteiger partial charge in [-0.1, -0.05) is 48.0 Å². The third kappa shape index (κ3) is 15.1. The monoisotopic (exact) mass is 614 g/mol. The Labute approximate surface area is 254 Å². The van der Waals surface area contributed by atoms with Crippen molar-refractivity contribution >= 4 is 35.4 Å². The Morgan fingerprint density at radius 3 is 1.84 bits per heavy atom. The molecule has 15 nitrogen and oxygen atoms in total. The van der Waals surface area contributed by atoms with Gasteiger partial charge in [0, 0.05) is 0 Å². The summed E-state index contributed by atoms with van der Waals surface area (Å²) in [4.78, 5) is 76.0. The highest BCUT2D eigenvalue weighted by atomic mass is 16.3. The van der Waals surface area contributed by atoms with Crippen LogP contribution in [0.25, 0.3) is 0 Å². The van der Waals surface area contributed by atoms with Gasteiger partial charge in [0.05, 0.1) is 13.2 Å². The van der Waals surface area contributed by atoms with Crippen molar-refractivity contribution in [3.05, 3.63) is 0 Å². The first-order valence-electron chi connectivity index (χ1n) is 14.9. The van der Waals surface area contributed by atoms with E-state index in [9.17, 15) is 28.8 Å². The molecule has 0 aliphatic heterocycles. The molecular weight excluding hydrogens is 560 g/mol. The average Bonchev–Trinajstić information content (AvgIpc) is 2.94. The third-order valence-electron chi connectivity index (χ3n) is 6.96. The summed E-state index contributed by atoms with van der Waals surface area (Å²) >= 11 is 0. The van der Waals surface area contributed by atoms with E-state index in [1.807, 2.05) is 20.8 Å². The summed E-state index contributed by atoms with van der Waals surface area (Å²) in [6.07, 6.45) is 2.17. The molecule has 0 saturated heterocycles. The second kappa shape index (κ2) is 20.6. The number of carbonyl (C=O) groups is 6. The molecule has 0 bridgehead atoms. The minimum atomic E-state index is -1.21. The first-order chi connectivity index (χ1) is 20.1. The van der Waals surface area contributed by atoms with Crippen LogP contribution in [0.4, 0.5) is 0 Å². The van der Waals surface area contributed by atoms with Crippen molar-refractivity contribution in [2.24, 2.45) is 35.0 Å².